The minimum Gasteiger partial charge on any atom is -0.377 e. The molecule has 3 atom stereocenters. The van der Waals surface area contributed by atoms with Crippen LogP contribution in [0.5, 0.6) is 0 Å². The number of morpholine rings is 1. The van der Waals surface area contributed by atoms with Crippen LogP contribution in [0.15, 0.2) is 22.6 Å². The first kappa shape index (κ1) is 20.8. The number of halogens is 1. The Labute approximate surface area is 188 Å². The van der Waals surface area contributed by atoms with Crippen molar-refractivity contribution in [3.05, 3.63) is 40.3 Å². The highest BCUT2D eigenvalue weighted by molar-refractivity contribution is 7.94. The van der Waals surface area contributed by atoms with Gasteiger partial charge in [0.15, 0.2) is 5.82 Å². The zero-order valence-electron chi connectivity index (χ0n) is 17.8. The number of ether oxygens (including phenoxy) is 1. The van der Waals surface area contributed by atoms with Crippen LogP contribution in [0.25, 0.3) is 17.5 Å². The Kier molecular flexibility index (Phi) is 5.48. The summed E-state index contributed by atoms with van der Waals surface area (Å²) in [7, 11) is -0.665. The third-order valence-corrected chi connectivity index (χ3v) is 9.38. The lowest BCUT2D eigenvalue weighted by Crippen LogP contribution is -2.44. The third kappa shape index (κ3) is 3.75. The molecule has 1 aliphatic carbocycles. The Morgan fingerprint density at radius 1 is 1.29 bits per heavy atom. The van der Waals surface area contributed by atoms with Crippen LogP contribution in [0, 0.1) is 0 Å². The van der Waals surface area contributed by atoms with E-state index >= 15 is 0 Å². The van der Waals surface area contributed by atoms with Crippen molar-refractivity contribution in [3.8, 4) is 11.4 Å². The fourth-order valence-electron chi connectivity index (χ4n) is 4.70. The normalized spacial score (nSPS) is 27.5. The predicted octanol–water partition coefficient (Wildman–Crippen LogP) is 3.92. The molecule has 2 aliphatic heterocycles. The quantitative estimate of drug-likeness (QED) is 0.647. The van der Waals surface area contributed by atoms with Gasteiger partial charge in [0.2, 0.25) is 0 Å². The van der Waals surface area contributed by atoms with E-state index in [9.17, 15) is 4.21 Å². The highest BCUT2D eigenvalue weighted by atomic mass is 35.5. The smallest absolute Gasteiger partial charge is 0.162 e. The van der Waals surface area contributed by atoms with Crippen LogP contribution in [0.1, 0.15) is 42.0 Å². The summed E-state index contributed by atoms with van der Waals surface area (Å²) in [5.41, 5.74) is 3.61. The minimum absolute atomic E-state index is 0.185. The number of fused-ring (bicyclic) bond motifs is 1. The van der Waals surface area contributed by atoms with Crippen LogP contribution in [-0.2, 0) is 20.9 Å². The van der Waals surface area contributed by atoms with Gasteiger partial charge in [-0.25, -0.2) is 23.5 Å². The first-order valence-corrected chi connectivity index (χ1v) is 12.8. The molecule has 2 aromatic rings. The average molecular weight is 460 g/mol. The molecule has 3 aliphatic rings. The van der Waals surface area contributed by atoms with E-state index in [1.54, 1.807) is 7.05 Å². The second-order valence-electron chi connectivity index (χ2n) is 8.26. The lowest BCUT2D eigenvalue weighted by Gasteiger charge is -2.34. The number of hydrogen-bond donors (Lipinski definition) is 0. The maximum atomic E-state index is 13.4. The molecular formula is C22H26ClN5O2S. The fourth-order valence-corrected chi connectivity index (χ4v) is 7.24. The number of rotatable bonds is 3. The molecule has 7 nitrogen and oxygen atoms in total. The van der Waals surface area contributed by atoms with E-state index < -0.39 is 9.73 Å². The van der Waals surface area contributed by atoms with Gasteiger partial charge in [-0.05, 0) is 25.8 Å². The van der Waals surface area contributed by atoms with Crippen LogP contribution < -0.4 is 4.90 Å². The molecule has 0 amide bonds. The molecule has 9 heteroatoms. The SMILES string of the molecule is CN=S1(=O)CCCC1c1cc(N2CCOC[C@H]2C)nc(-c2cc(Cl)nc3c2C=CC3)n1. The average Bonchev–Trinajstić information content (AvgIpc) is 3.40. The van der Waals surface area contributed by atoms with Crippen LogP contribution >= 0.6 is 11.6 Å². The van der Waals surface area contributed by atoms with Gasteiger partial charge in [0.05, 0.1) is 45.6 Å². The summed E-state index contributed by atoms with van der Waals surface area (Å²) in [5, 5.41) is 0.246. The van der Waals surface area contributed by atoms with Crippen molar-refractivity contribution in [2.75, 3.05) is 37.5 Å². The largest absolute Gasteiger partial charge is 0.377 e. The van der Waals surface area contributed by atoms with Crippen molar-refractivity contribution < 1.29 is 8.95 Å². The van der Waals surface area contributed by atoms with Gasteiger partial charge in [0.25, 0.3) is 0 Å². The lowest BCUT2D eigenvalue weighted by atomic mass is 10.1. The summed E-state index contributed by atoms with van der Waals surface area (Å²) >= 11 is 6.34. The molecule has 0 aromatic carbocycles. The van der Waals surface area contributed by atoms with E-state index in [0.717, 1.165) is 54.1 Å². The first-order valence-electron chi connectivity index (χ1n) is 10.7. The molecule has 164 valence electrons. The number of hydrogen-bond acceptors (Lipinski definition) is 7. The number of allylic oxidation sites excluding steroid dienone is 1. The Morgan fingerprint density at radius 3 is 2.97 bits per heavy atom. The molecule has 0 N–H and O–H groups in total. The fraction of sp³-hybridized carbons (Fsp3) is 0.500. The van der Waals surface area contributed by atoms with Crippen molar-refractivity contribution in [2.45, 2.75) is 37.5 Å². The Morgan fingerprint density at radius 2 is 2.16 bits per heavy atom. The van der Waals surface area contributed by atoms with Gasteiger partial charge in [-0.15, -0.1) is 0 Å². The zero-order chi connectivity index (χ0) is 21.6. The molecule has 31 heavy (non-hydrogen) atoms. The molecule has 0 bridgehead atoms. The van der Waals surface area contributed by atoms with E-state index in [1.165, 1.54) is 0 Å². The van der Waals surface area contributed by atoms with Gasteiger partial charge in [0.1, 0.15) is 11.0 Å². The maximum Gasteiger partial charge on any atom is 0.162 e. The Hall–Kier alpha value is -2.03. The Balaban J connectivity index is 1.70. The standard InChI is InChI=1S/C22H26ClN5O2S/c1-14-13-30-9-8-28(14)21-12-18(19-7-4-10-31(19,29)24-2)26-22(27-21)16-11-20(23)25-17-6-3-5-15(16)17/h3,5,11-12,14,19H,4,6-10,13H2,1-2H3/t14-,19?,31?/m1/s1. The zero-order valence-corrected chi connectivity index (χ0v) is 19.3. The molecule has 4 heterocycles. The molecule has 2 fully saturated rings. The van der Waals surface area contributed by atoms with Crippen LogP contribution in [0.2, 0.25) is 5.15 Å². The number of anilines is 1. The van der Waals surface area contributed by atoms with Crippen molar-refractivity contribution in [1.29, 1.82) is 0 Å². The number of aromatic nitrogens is 3. The maximum absolute atomic E-state index is 13.4. The van der Waals surface area contributed by atoms with Crippen molar-refractivity contribution in [1.82, 2.24) is 15.0 Å². The summed E-state index contributed by atoms with van der Waals surface area (Å²) < 4.78 is 23.3. The first-order chi connectivity index (χ1) is 15.0. The number of pyridine rings is 1. The topological polar surface area (TPSA) is 80.6 Å². The second-order valence-corrected chi connectivity index (χ2v) is 11.4. The van der Waals surface area contributed by atoms with Crippen LogP contribution in [0.4, 0.5) is 5.82 Å². The molecule has 0 radical (unpaired) electrons. The van der Waals surface area contributed by atoms with Gasteiger partial charge >= 0.3 is 0 Å². The summed E-state index contributed by atoms with van der Waals surface area (Å²) in [6.45, 7) is 4.19. The van der Waals surface area contributed by atoms with E-state index in [-0.39, 0.29) is 11.3 Å². The monoisotopic (exact) mass is 459 g/mol. The summed E-state index contributed by atoms with van der Waals surface area (Å²) in [4.78, 5) is 16.6. The van der Waals surface area contributed by atoms with E-state index in [1.807, 2.05) is 12.1 Å². The van der Waals surface area contributed by atoms with Gasteiger partial charge in [-0.1, -0.05) is 23.8 Å². The highest BCUT2D eigenvalue weighted by Crippen LogP contribution is 2.39. The molecule has 2 saturated heterocycles. The molecule has 2 aromatic heterocycles. The van der Waals surface area contributed by atoms with Crippen LogP contribution in [0.3, 0.4) is 0 Å². The summed E-state index contributed by atoms with van der Waals surface area (Å²) in [5.74, 6) is 2.06. The number of nitrogens with zero attached hydrogens (tertiary/aromatic N) is 5. The predicted molar refractivity (Wildman–Crippen MR) is 124 cm³/mol. The Bertz CT molecular complexity index is 1170. The molecule has 0 saturated carbocycles. The van der Waals surface area contributed by atoms with Crippen LogP contribution in [-0.4, -0.2) is 57.8 Å². The van der Waals surface area contributed by atoms with Crippen molar-refractivity contribution in [2.24, 2.45) is 4.36 Å². The van der Waals surface area contributed by atoms with E-state index in [2.05, 4.69) is 33.3 Å². The minimum atomic E-state index is -2.33. The molecular weight excluding hydrogens is 434 g/mol. The van der Waals surface area contributed by atoms with Crippen molar-refractivity contribution in [3.63, 3.8) is 0 Å². The third-order valence-electron chi connectivity index (χ3n) is 6.32. The van der Waals surface area contributed by atoms with Gasteiger partial charge < -0.3 is 9.64 Å². The van der Waals surface area contributed by atoms with E-state index in [0.29, 0.717) is 29.9 Å². The summed E-state index contributed by atoms with van der Waals surface area (Å²) in [6, 6.07) is 4.03. The summed E-state index contributed by atoms with van der Waals surface area (Å²) in [6.07, 6.45) is 6.59. The van der Waals surface area contributed by atoms with Gasteiger partial charge in [-0.2, -0.15) is 0 Å². The molecule has 5 rings (SSSR count). The van der Waals surface area contributed by atoms with E-state index in [4.69, 9.17) is 26.3 Å². The highest BCUT2D eigenvalue weighted by Gasteiger charge is 2.33. The molecule has 2 unspecified atom stereocenters. The van der Waals surface area contributed by atoms with Gasteiger partial charge in [-0.3, -0.25) is 0 Å². The molecule has 0 spiro atoms. The lowest BCUT2D eigenvalue weighted by molar-refractivity contribution is 0.0985. The second kappa shape index (κ2) is 8.15. The van der Waals surface area contributed by atoms with Crippen molar-refractivity contribution >= 4 is 33.2 Å². The van der Waals surface area contributed by atoms with Gasteiger partial charge in [0, 0.05) is 43.0 Å².